The van der Waals surface area contributed by atoms with Crippen LogP contribution in [0, 0.1) is 0 Å². The third-order valence-electron chi connectivity index (χ3n) is 2.90. The first-order valence-electron chi connectivity index (χ1n) is 5.95. The van der Waals surface area contributed by atoms with E-state index in [-0.39, 0.29) is 6.04 Å². The van der Waals surface area contributed by atoms with Gasteiger partial charge in [-0.1, -0.05) is 28.1 Å². The molecule has 0 fully saturated rings. The third kappa shape index (κ3) is 3.74. The number of benzene rings is 2. The highest BCUT2D eigenvalue weighted by molar-refractivity contribution is 9.10. The molecule has 0 bridgehead atoms. The summed E-state index contributed by atoms with van der Waals surface area (Å²) in [4.78, 5) is 0. The van der Waals surface area contributed by atoms with Crippen molar-refractivity contribution in [3.8, 4) is 5.75 Å². The summed E-state index contributed by atoms with van der Waals surface area (Å²) >= 11 is 6.94. The van der Waals surface area contributed by atoms with Gasteiger partial charge < -0.3 is 10.1 Å². The average Bonchev–Trinajstić information content (AvgIpc) is 2.39. The number of methoxy groups -OCH3 is 1. The van der Waals surface area contributed by atoms with Gasteiger partial charge in [-0.3, -0.25) is 0 Å². The van der Waals surface area contributed by atoms with Gasteiger partial charge in [-0.15, -0.1) is 0 Å². The second kappa shape index (κ2) is 6.44. The Kier molecular flexibility index (Phi) is 4.88. The van der Waals surface area contributed by atoms with Crippen molar-refractivity contribution >= 4 is 37.5 Å². The Labute approximate surface area is 130 Å². The zero-order valence-electron chi connectivity index (χ0n) is 10.8. The van der Waals surface area contributed by atoms with Gasteiger partial charge in [-0.2, -0.15) is 0 Å². The molecule has 100 valence electrons. The van der Waals surface area contributed by atoms with Crippen LogP contribution in [0.4, 0.5) is 5.69 Å². The van der Waals surface area contributed by atoms with E-state index in [4.69, 9.17) is 4.74 Å². The van der Waals surface area contributed by atoms with E-state index in [1.807, 2.05) is 18.2 Å². The SMILES string of the molecule is COc1ccc(NC(C)c2ccc(Br)cc2)cc1Br. The van der Waals surface area contributed by atoms with Crippen molar-refractivity contribution in [2.24, 2.45) is 0 Å². The lowest BCUT2D eigenvalue weighted by Crippen LogP contribution is -2.06. The Morgan fingerprint density at radius 1 is 1.05 bits per heavy atom. The van der Waals surface area contributed by atoms with Crippen LogP contribution in [0.25, 0.3) is 0 Å². The topological polar surface area (TPSA) is 21.3 Å². The summed E-state index contributed by atoms with van der Waals surface area (Å²) in [6, 6.07) is 14.6. The summed E-state index contributed by atoms with van der Waals surface area (Å²) in [5.41, 5.74) is 2.30. The molecule has 0 amide bonds. The summed E-state index contributed by atoms with van der Waals surface area (Å²) in [5.74, 6) is 0.835. The first-order chi connectivity index (χ1) is 9.10. The van der Waals surface area contributed by atoms with Crippen LogP contribution in [0.1, 0.15) is 18.5 Å². The Bertz CT molecular complexity index is 555. The van der Waals surface area contributed by atoms with Gasteiger partial charge >= 0.3 is 0 Å². The number of hydrogen-bond acceptors (Lipinski definition) is 2. The van der Waals surface area contributed by atoms with Crippen LogP contribution in [0.2, 0.25) is 0 Å². The van der Waals surface area contributed by atoms with Crippen molar-refractivity contribution < 1.29 is 4.74 Å². The molecule has 0 heterocycles. The summed E-state index contributed by atoms with van der Waals surface area (Å²) in [6.45, 7) is 2.14. The van der Waals surface area contributed by atoms with E-state index in [1.54, 1.807) is 7.11 Å². The van der Waals surface area contributed by atoms with E-state index in [2.05, 4.69) is 68.4 Å². The van der Waals surface area contributed by atoms with Gasteiger partial charge in [0.15, 0.2) is 0 Å². The molecule has 0 aliphatic rings. The number of halogens is 2. The minimum Gasteiger partial charge on any atom is -0.496 e. The molecule has 1 unspecified atom stereocenters. The van der Waals surface area contributed by atoms with E-state index in [1.165, 1.54) is 5.56 Å². The Balaban J connectivity index is 2.12. The molecule has 2 aromatic carbocycles. The van der Waals surface area contributed by atoms with Crippen LogP contribution in [-0.4, -0.2) is 7.11 Å². The fraction of sp³-hybridized carbons (Fsp3) is 0.200. The molecule has 1 atom stereocenters. The molecule has 0 saturated heterocycles. The largest absolute Gasteiger partial charge is 0.496 e. The van der Waals surface area contributed by atoms with Crippen LogP contribution in [0.15, 0.2) is 51.4 Å². The van der Waals surface area contributed by atoms with Crippen molar-refractivity contribution in [3.05, 3.63) is 57.0 Å². The lowest BCUT2D eigenvalue weighted by Gasteiger charge is -2.16. The minimum absolute atomic E-state index is 0.244. The molecule has 0 aromatic heterocycles. The molecule has 0 saturated carbocycles. The third-order valence-corrected chi connectivity index (χ3v) is 4.05. The number of hydrogen-bond donors (Lipinski definition) is 1. The molecular weight excluding hydrogens is 370 g/mol. The molecule has 0 aliphatic carbocycles. The molecule has 2 nitrogen and oxygen atoms in total. The molecule has 1 N–H and O–H groups in total. The van der Waals surface area contributed by atoms with Gasteiger partial charge in [0.1, 0.15) is 5.75 Å². The van der Waals surface area contributed by atoms with Gasteiger partial charge in [0.05, 0.1) is 11.6 Å². The Hall–Kier alpha value is -1.000. The van der Waals surface area contributed by atoms with Gasteiger partial charge in [0.2, 0.25) is 0 Å². The molecular formula is C15H15Br2NO. The second-order valence-electron chi connectivity index (χ2n) is 4.27. The molecule has 19 heavy (non-hydrogen) atoms. The Morgan fingerprint density at radius 3 is 2.32 bits per heavy atom. The first kappa shape index (κ1) is 14.4. The van der Waals surface area contributed by atoms with Crippen molar-refractivity contribution in [1.29, 1.82) is 0 Å². The molecule has 2 rings (SSSR count). The van der Waals surface area contributed by atoms with Crippen molar-refractivity contribution in [1.82, 2.24) is 0 Å². The fourth-order valence-electron chi connectivity index (χ4n) is 1.84. The highest BCUT2D eigenvalue weighted by atomic mass is 79.9. The fourth-order valence-corrected chi connectivity index (χ4v) is 2.65. The maximum Gasteiger partial charge on any atom is 0.133 e. The number of nitrogens with one attached hydrogen (secondary N) is 1. The number of rotatable bonds is 4. The van der Waals surface area contributed by atoms with Crippen LogP contribution >= 0.6 is 31.9 Å². The maximum atomic E-state index is 5.22. The molecule has 0 aliphatic heterocycles. The lowest BCUT2D eigenvalue weighted by molar-refractivity contribution is 0.412. The van der Waals surface area contributed by atoms with E-state index in [0.29, 0.717) is 0 Å². The van der Waals surface area contributed by atoms with Crippen molar-refractivity contribution in [2.45, 2.75) is 13.0 Å². The second-order valence-corrected chi connectivity index (χ2v) is 6.04. The van der Waals surface area contributed by atoms with Crippen LogP contribution in [-0.2, 0) is 0 Å². The Morgan fingerprint density at radius 2 is 1.74 bits per heavy atom. The smallest absolute Gasteiger partial charge is 0.133 e. The average molecular weight is 385 g/mol. The number of anilines is 1. The van der Waals surface area contributed by atoms with Crippen molar-refractivity contribution in [3.63, 3.8) is 0 Å². The van der Waals surface area contributed by atoms with Gasteiger partial charge in [0, 0.05) is 16.2 Å². The van der Waals surface area contributed by atoms with E-state index >= 15 is 0 Å². The summed E-state index contributed by atoms with van der Waals surface area (Å²) in [6.07, 6.45) is 0. The molecule has 0 radical (unpaired) electrons. The summed E-state index contributed by atoms with van der Waals surface area (Å²) in [5, 5.41) is 3.47. The first-order valence-corrected chi connectivity index (χ1v) is 7.54. The highest BCUT2D eigenvalue weighted by Gasteiger charge is 2.07. The zero-order chi connectivity index (χ0) is 13.8. The quantitative estimate of drug-likeness (QED) is 0.762. The van der Waals surface area contributed by atoms with Crippen LogP contribution in [0.5, 0.6) is 5.75 Å². The predicted molar refractivity (Wildman–Crippen MR) is 86.9 cm³/mol. The highest BCUT2D eigenvalue weighted by Crippen LogP contribution is 2.29. The minimum atomic E-state index is 0.244. The van der Waals surface area contributed by atoms with E-state index in [0.717, 1.165) is 20.4 Å². The molecule has 2 aromatic rings. The standard InChI is InChI=1S/C15H15Br2NO/c1-10(11-3-5-12(16)6-4-11)18-13-7-8-15(19-2)14(17)9-13/h3-10,18H,1-2H3. The lowest BCUT2D eigenvalue weighted by atomic mass is 10.1. The van der Waals surface area contributed by atoms with Crippen LogP contribution in [0.3, 0.4) is 0 Å². The van der Waals surface area contributed by atoms with Crippen molar-refractivity contribution in [2.75, 3.05) is 12.4 Å². The monoisotopic (exact) mass is 383 g/mol. The molecule has 4 heteroatoms. The van der Waals surface area contributed by atoms with Gasteiger partial charge in [-0.25, -0.2) is 0 Å². The van der Waals surface area contributed by atoms with Gasteiger partial charge in [0.25, 0.3) is 0 Å². The molecule has 0 spiro atoms. The summed E-state index contributed by atoms with van der Waals surface area (Å²) in [7, 11) is 1.66. The van der Waals surface area contributed by atoms with E-state index < -0.39 is 0 Å². The maximum absolute atomic E-state index is 5.22. The van der Waals surface area contributed by atoms with E-state index in [9.17, 15) is 0 Å². The summed E-state index contributed by atoms with van der Waals surface area (Å²) < 4.78 is 7.26. The van der Waals surface area contributed by atoms with Gasteiger partial charge in [-0.05, 0) is 58.7 Å². The number of ether oxygens (including phenoxy) is 1. The zero-order valence-corrected chi connectivity index (χ0v) is 14.0. The normalized spacial score (nSPS) is 12.0. The van der Waals surface area contributed by atoms with Crippen LogP contribution < -0.4 is 10.1 Å². The predicted octanol–water partition coefficient (Wildman–Crippen LogP) is 5.39.